The summed E-state index contributed by atoms with van der Waals surface area (Å²) in [5.41, 5.74) is 0.695. The van der Waals surface area contributed by atoms with Crippen LogP contribution in [0.3, 0.4) is 0 Å². The summed E-state index contributed by atoms with van der Waals surface area (Å²) in [4.78, 5) is 27.4. The van der Waals surface area contributed by atoms with E-state index in [1.54, 1.807) is 24.3 Å². The van der Waals surface area contributed by atoms with Gasteiger partial charge in [0, 0.05) is 23.2 Å². The number of amides is 1. The van der Waals surface area contributed by atoms with Crippen molar-refractivity contribution in [1.82, 2.24) is 9.36 Å². The maximum absolute atomic E-state index is 12.3. The van der Waals surface area contributed by atoms with Crippen LogP contribution in [0.4, 0.5) is 5.13 Å². The summed E-state index contributed by atoms with van der Waals surface area (Å²) in [6.45, 7) is 1.97. The smallest absolute Gasteiger partial charge is 0.335 e. The summed E-state index contributed by atoms with van der Waals surface area (Å²) in [6.07, 6.45) is 1.33. The third-order valence-electron chi connectivity index (χ3n) is 3.60. The number of carboxylic acid groups (broad SMARTS) is 1. The molecule has 8 nitrogen and oxygen atoms in total. The third kappa shape index (κ3) is 5.10. The number of benzene rings is 1. The number of aromatic carboxylic acids is 1. The lowest BCUT2D eigenvalue weighted by atomic mass is 10.1. The molecular weight excluding hydrogens is 412 g/mol. The molecule has 0 fully saturated rings. The molecule has 1 aromatic carbocycles. The Bertz CT molecular complexity index is 1110. The van der Waals surface area contributed by atoms with E-state index >= 15 is 0 Å². The second-order valence-electron chi connectivity index (χ2n) is 5.52. The van der Waals surface area contributed by atoms with Crippen molar-refractivity contribution < 1.29 is 19.1 Å². The topological polar surface area (TPSA) is 129 Å². The fraction of sp³-hybridized carbons (Fsp3) is 0.105. The van der Waals surface area contributed by atoms with Gasteiger partial charge < -0.3 is 9.52 Å². The molecule has 146 valence electrons. The lowest BCUT2D eigenvalue weighted by Gasteiger charge is -1.99. The molecule has 2 aromatic heterocycles. The van der Waals surface area contributed by atoms with Crippen LogP contribution < -0.4 is 5.32 Å². The molecule has 0 saturated carbocycles. The number of anilines is 1. The van der Waals surface area contributed by atoms with Gasteiger partial charge in [-0.2, -0.15) is 14.6 Å². The fourth-order valence-electron chi connectivity index (χ4n) is 2.27. The summed E-state index contributed by atoms with van der Waals surface area (Å²) in [7, 11) is 0. The van der Waals surface area contributed by atoms with Crippen LogP contribution in [0.15, 0.2) is 51.5 Å². The second kappa shape index (κ2) is 9.18. The van der Waals surface area contributed by atoms with Crippen LogP contribution in [0, 0.1) is 11.3 Å². The molecule has 0 radical (unpaired) electrons. The Kier molecular flexibility index (Phi) is 6.43. The minimum atomic E-state index is -1.01. The Labute approximate surface area is 174 Å². The number of nitriles is 1. The van der Waals surface area contributed by atoms with Crippen molar-refractivity contribution in [2.75, 3.05) is 11.1 Å². The van der Waals surface area contributed by atoms with Gasteiger partial charge in [0.1, 0.15) is 23.2 Å². The van der Waals surface area contributed by atoms with Gasteiger partial charge in [-0.25, -0.2) is 4.79 Å². The first kappa shape index (κ1) is 20.3. The van der Waals surface area contributed by atoms with Crippen molar-refractivity contribution >= 4 is 46.4 Å². The molecule has 0 saturated heterocycles. The van der Waals surface area contributed by atoms with Crippen LogP contribution in [0.2, 0.25) is 0 Å². The second-order valence-corrected chi connectivity index (χ2v) is 7.51. The van der Waals surface area contributed by atoms with E-state index in [4.69, 9.17) is 9.52 Å². The molecule has 2 N–H and O–H groups in total. The van der Waals surface area contributed by atoms with Crippen molar-refractivity contribution in [3.63, 3.8) is 0 Å². The lowest BCUT2D eigenvalue weighted by molar-refractivity contribution is -0.112. The molecule has 29 heavy (non-hydrogen) atoms. The Morgan fingerprint density at radius 3 is 2.72 bits per heavy atom. The van der Waals surface area contributed by atoms with E-state index in [9.17, 15) is 14.9 Å². The molecule has 0 aliphatic rings. The number of thioether (sulfide) groups is 1. The summed E-state index contributed by atoms with van der Waals surface area (Å²) < 4.78 is 9.76. The van der Waals surface area contributed by atoms with Crippen molar-refractivity contribution in [3.8, 4) is 17.4 Å². The van der Waals surface area contributed by atoms with E-state index < -0.39 is 11.9 Å². The number of hydrogen-bond acceptors (Lipinski definition) is 8. The maximum Gasteiger partial charge on any atom is 0.335 e. The molecule has 0 aliphatic heterocycles. The number of nitrogens with zero attached hydrogens (tertiary/aromatic N) is 3. The number of rotatable bonds is 7. The predicted octanol–water partition coefficient (Wildman–Crippen LogP) is 4.15. The average Bonchev–Trinajstić information content (AvgIpc) is 3.36. The monoisotopic (exact) mass is 426 g/mol. The van der Waals surface area contributed by atoms with Gasteiger partial charge in [-0.05, 0) is 30.0 Å². The molecule has 0 unspecified atom stereocenters. The van der Waals surface area contributed by atoms with Crippen LogP contribution in [0.5, 0.6) is 0 Å². The quantitative estimate of drug-likeness (QED) is 0.327. The van der Waals surface area contributed by atoms with Crippen molar-refractivity contribution in [1.29, 1.82) is 5.26 Å². The van der Waals surface area contributed by atoms with E-state index in [1.165, 1.54) is 30.0 Å². The highest BCUT2D eigenvalue weighted by Gasteiger charge is 2.14. The molecule has 0 aliphatic carbocycles. The molecule has 10 heteroatoms. The standard InChI is InChI=1S/C19H14N4O4S2/c1-2-28-19-22-18(29-23-19)21-16(24)13(10-20)9-14-7-8-15(27-14)11-3-5-12(6-4-11)17(25)26/h3-9H,2H2,1H3,(H,25,26)(H,21,22,23,24)/b13-9-. The van der Waals surface area contributed by atoms with Gasteiger partial charge in [0.05, 0.1) is 5.56 Å². The average molecular weight is 426 g/mol. The minimum absolute atomic E-state index is 0.146. The zero-order valence-corrected chi connectivity index (χ0v) is 16.7. The highest BCUT2D eigenvalue weighted by atomic mass is 32.2. The van der Waals surface area contributed by atoms with Crippen LogP contribution in [-0.4, -0.2) is 32.1 Å². The highest BCUT2D eigenvalue weighted by Crippen LogP contribution is 2.24. The number of furan rings is 1. The molecule has 1 amide bonds. The number of nitrogens with one attached hydrogen (secondary N) is 1. The first-order valence-corrected chi connectivity index (χ1v) is 10.1. The SMILES string of the molecule is CCSc1nsc(NC(=O)/C(C#N)=C\c2ccc(-c3ccc(C(=O)O)cc3)o2)n1. The number of carbonyl (C=O) groups excluding carboxylic acids is 1. The normalized spacial score (nSPS) is 11.1. The van der Waals surface area contributed by atoms with Crippen LogP contribution in [0.25, 0.3) is 17.4 Å². The number of hydrogen-bond donors (Lipinski definition) is 2. The zero-order chi connectivity index (χ0) is 20.8. The van der Waals surface area contributed by atoms with Crippen LogP contribution in [0.1, 0.15) is 23.0 Å². The van der Waals surface area contributed by atoms with Crippen molar-refractivity contribution in [3.05, 3.63) is 53.3 Å². The molecule has 3 aromatic rings. The van der Waals surface area contributed by atoms with Gasteiger partial charge in [-0.15, -0.1) is 0 Å². The molecule has 0 spiro atoms. The summed E-state index contributed by atoms with van der Waals surface area (Å²) >= 11 is 2.49. The first-order chi connectivity index (χ1) is 14.0. The maximum atomic E-state index is 12.3. The minimum Gasteiger partial charge on any atom is -0.478 e. The van der Waals surface area contributed by atoms with Gasteiger partial charge >= 0.3 is 5.97 Å². The van der Waals surface area contributed by atoms with E-state index in [0.29, 0.717) is 27.4 Å². The summed E-state index contributed by atoms with van der Waals surface area (Å²) in [5.74, 6) is -0.0156. The molecule has 3 rings (SSSR count). The molecule has 2 heterocycles. The molecule has 0 bridgehead atoms. The summed E-state index contributed by atoms with van der Waals surface area (Å²) in [6, 6.07) is 11.3. The predicted molar refractivity (Wildman–Crippen MR) is 110 cm³/mol. The Morgan fingerprint density at radius 1 is 1.31 bits per heavy atom. The number of aromatic nitrogens is 2. The Hall–Kier alpha value is -3.42. The van der Waals surface area contributed by atoms with E-state index in [-0.39, 0.29) is 11.1 Å². The number of carbonyl (C=O) groups is 2. The number of carboxylic acids is 1. The van der Waals surface area contributed by atoms with Crippen molar-refractivity contribution in [2.45, 2.75) is 12.1 Å². The molecular formula is C19H14N4O4S2. The van der Waals surface area contributed by atoms with Gasteiger partial charge in [0.15, 0.2) is 0 Å². The Balaban J connectivity index is 1.74. The lowest BCUT2D eigenvalue weighted by Crippen LogP contribution is -2.13. The van der Waals surface area contributed by atoms with E-state index in [0.717, 1.165) is 17.3 Å². The Morgan fingerprint density at radius 2 is 2.07 bits per heavy atom. The fourth-order valence-corrected chi connectivity index (χ4v) is 3.53. The zero-order valence-electron chi connectivity index (χ0n) is 15.1. The van der Waals surface area contributed by atoms with Gasteiger partial charge in [0.2, 0.25) is 10.3 Å². The molecule has 0 atom stereocenters. The first-order valence-electron chi connectivity index (χ1n) is 8.33. The largest absolute Gasteiger partial charge is 0.478 e. The van der Waals surface area contributed by atoms with Crippen LogP contribution in [-0.2, 0) is 4.79 Å². The van der Waals surface area contributed by atoms with Crippen LogP contribution >= 0.6 is 23.3 Å². The highest BCUT2D eigenvalue weighted by molar-refractivity contribution is 7.99. The van der Waals surface area contributed by atoms with Crippen molar-refractivity contribution in [2.24, 2.45) is 0 Å². The van der Waals surface area contributed by atoms with E-state index in [2.05, 4.69) is 14.7 Å². The third-order valence-corrected chi connectivity index (χ3v) is 5.07. The van der Waals surface area contributed by atoms with Gasteiger partial charge in [-0.3, -0.25) is 10.1 Å². The van der Waals surface area contributed by atoms with Gasteiger partial charge in [0.25, 0.3) is 5.91 Å². The van der Waals surface area contributed by atoms with E-state index in [1.807, 2.05) is 13.0 Å². The summed E-state index contributed by atoms with van der Waals surface area (Å²) in [5, 5.41) is 21.7. The van der Waals surface area contributed by atoms with Gasteiger partial charge in [-0.1, -0.05) is 30.8 Å².